The first kappa shape index (κ1) is 3.43. The van der Waals surface area contributed by atoms with Crippen LogP contribution in [0, 0.1) is 0 Å². The smallest absolute Gasteiger partial charge is 0.101 e. The van der Waals surface area contributed by atoms with Gasteiger partial charge in [0.15, 0.2) is 0 Å². The molecule has 1 aliphatic heterocycles. The molecule has 0 saturated carbocycles. The normalized spacial score (nSPS) is 18.8. The molecule has 0 unspecified atom stereocenters. The molecule has 0 spiro atoms. The quantitative estimate of drug-likeness (QED) is 0.288. The van der Waals surface area contributed by atoms with E-state index in [9.17, 15) is 0 Å². The van der Waals surface area contributed by atoms with Crippen LogP contribution in [0.1, 0.15) is 0 Å². The third kappa shape index (κ3) is 0.775. The van der Waals surface area contributed by atoms with Crippen molar-refractivity contribution in [2.75, 3.05) is 0 Å². The maximum atomic E-state index is 8.00. The molecule has 1 aliphatic rings. The van der Waals surface area contributed by atoms with E-state index < -0.39 is 0 Å². The molecule has 1 saturated heterocycles. The van der Waals surface area contributed by atoms with Crippen LogP contribution in [-0.4, -0.2) is 5.11 Å². The van der Waals surface area contributed by atoms with Crippen LogP contribution in [0.5, 0.6) is 0 Å². The van der Waals surface area contributed by atoms with Gasteiger partial charge in [0.25, 0.3) is 0 Å². The van der Waals surface area contributed by atoms with E-state index in [1.165, 1.54) is 0 Å². The Hall–Kier alpha value is 0.240. The van der Waals surface area contributed by atoms with Gasteiger partial charge in [-0.1, -0.05) is 0 Å². The lowest BCUT2D eigenvalue weighted by Gasteiger charge is -1.52. The predicted molar refractivity (Wildman–Crippen MR) is 25.9 cm³/mol. The Morgan fingerprint density at radius 1 is 1.60 bits per heavy atom. The lowest BCUT2D eigenvalue weighted by atomic mass is 11.2. The molecular formula is C2H2OS2. The first-order valence-corrected chi connectivity index (χ1v) is 3.27. The molecule has 0 aliphatic carbocycles. The van der Waals surface area contributed by atoms with E-state index in [2.05, 4.69) is 0 Å². The van der Waals surface area contributed by atoms with Gasteiger partial charge in [-0.25, -0.2) is 0 Å². The second-order valence-electron chi connectivity index (χ2n) is 0.615. The average Bonchev–Trinajstić information content (AvgIpc) is 2.12. The highest BCUT2D eigenvalue weighted by molar-refractivity contribution is 8.96. The van der Waals surface area contributed by atoms with E-state index in [-0.39, 0.29) is 0 Å². The van der Waals surface area contributed by atoms with Crippen LogP contribution in [-0.2, 0) is 0 Å². The Kier molecular flexibility index (Phi) is 0.784. The first-order valence-electron chi connectivity index (χ1n) is 1.12. The van der Waals surface area contributed by atoms with Gasteiger partial charge in [0, 0.05) is 0 Å². The molecule has 1 fully saturated rings. The monoisotopic (exact) mass is 106 g/mol. The molecule has 0 aromatic carbocycles. The Bertz CT molecular complexity index is 62.0. The fourth-order valence-corrected chi connectivity index (χ4v) is 0.604. The van der Waals surface area contributed by atoms with Crippen LogP contribution in [0.3, 0.4) is 0 Å². The molecule has 0 bridgehead atoms. The Balaban J connectivity index is 2.46. The number of aliphatic hydroxyl groups is 1. The fraction of sp³-hybridized carbons (Fsp3) is 0. The van der Waals surface area contributed by atoms with E-state index in [0.717, 1.165) is 10.5 Å². The largest absolute Gasteiger partial charge is 0.514 e. The van der Waals surface area contributed by atoms with Gasteiger partial charge in [-0.2, -0.15) is 0 Å². The summed E-state index contributed by atoms with van der Waals surface area (Å²) in [6, 6.07) is 0. The average molecular weight is 106 g/mol. The highest BCUT2D eigenvalue weighted by Gasteiger charge is 2.12. The predicted octanol–water partition coefficient (Wildman–Crippen LogP) is 1.74. The summed E-state index contributed by atoms with van der Waals surface area (Å²) in [6.07, 6.45) is 1.12. The van der Waals surface area contributed by atoms with Crippen molar-refractivity contribution in [2.45, 2.75) is 0 Å². The van der Waals surface area contributed by atoms with E-state index in [4.69, 9.17) is 5.11 Å². The highest BCUT2D eigenvalue weighted by Crippen LogP contribution is 2.57. The highest BCUT2D eigenvalue weighted by atomic mass is 33.2. The Labute approximate surface area is 37.8 Å². The maximum Gasteiger partial charge on any atom is 0.101 e. The van der Waals surface area contributed by atoms with Crippen molar-refractivity contribution in [3.8, 4) is 0 Å². The summed E-state index contributed by atoms with van der Waals surface area (Å²) in [5.74, 6) is 0. The van der Waals surface area contributed by atoms with E-state index in [0.29, 0.717) is 0 Å². The van der Waals surface area contributed by atoms with Crippen molar-refractivity contribution in [1.82, 2.24) is 0 Å². The minimum atomic E-state index is 1.02. The molecule has 1 rings (SSSR count). The Morgan fingerprint density at radius 2 is 2.20 bits per heavy atom. The number of rotatable bonds is 0. The van der Waals surface area contributed by atoms with Crippen LogP contribution in [0.15, 0.2) is 10.5 Å². The molecule has 28 valence electrons. The van der Waals surface area contributed by atoms with E-state index in [1.54, 1.807) is 21.6 Å². The van der Waals surface area contributed by atoms with Crippen molar-refractivity contribution in [2.24, 2.45) is 0 Å². The molecule has 1 heterocycles. The molecule has 0 amide bonds. The lowest BCUT2D eigenvalue weighted by Crippen LogP contribution is -1.36. The molecule has 1 nitrogen and oxygen atoms in total. The van der Waals surface area contributed by atoms with Crippen molar-refractivity contribution < 1.29 is 5.11 Å². The van der Waals surface area contributed by atoms with Crippen molar-refractivity contribution >= 4 is 21.6 Å². The second-order valence-corrected chi connectivity index (χ2v) is 3.09. The zero-order chi connectivity index (χ0) is 3.70. The van der Waals surface area contributed by atoms with Gasteiger partial charge in [0.2, 0.25) is 0 Å². The number of aliphatic hydroxyl groups excluding tert-OH is 1. The summed E-state index contributed by atoms with van der Waals surface area (Å²) < 4.78 is 1.02. The topological polar surface area (TPSA) is 20.2 Å². The molecule has 1 N–H and O–H groups in total. The van der Waals surface area contributed by atoms with Gasteiger partial charge in [-0.3, -0.25) is 0 Å². The van der Waals surface area contributed by atoms with Gasteiger partial charge in [-0.15, -0.1) is 0 Å². The zero-order valence-corrected chi connectivity index (χ0v) is 3.97. The summed E-state index contributed by atoms with van der Waals surface area (Å²) in [6.45, 7) is 0. The van der Waals surface area contributed by atoms with Gasteiger partial charge < -0.3 is 5.11 Å². The second kappa shape index (κ2) is 1.14. The summed E-state index contributed by atoms with van der Waals surface area (Å²) in [5, 5.41) is 8.00. The third-order valence-electron chi connectivity index (χ3n) is 0.285. The lowest BCUT2D eigenvalue weighted by molar-refractivity contribution is 0.474. The molecular weight excluding hydrogens is 104 g/mol. The van der Waals surface area contributed by atoms with Crippen LogP contribution < -0.4 is 0 Å². The fourth-order valence-electron chi connectivity index (χ4n) is 0.0671. The van der Waals surface area contributed by atoms with Gasteiger partial charge >= 0.3 is 0 Å². The molecule has 0 aromatic heterocycles. The molecule has 5 heavy (non-hydrogen) atoms. The van der Waals surface area contributed by atoms with Crippen LogP contribution in [0.2, 0.25) is 0 Å². The van der Waals surface area contributed by atoms with Gasteiger partial charge in [0.1, 0.15) is 6.26 Å². The summed E-state index contributed by atoms with van der Waals surface area (Å²) in [7, 11) is 3.19. The van der Waals surface area contributed by atoms with E-state index >= 15 is 0 Å². The minimum absolute atomic E-state index is 1.02. The summed E-state index contributed by atoms with van der Waals surface area (Å²) in [5.41, 5.74) is 0. The molecule has 3 heteroatoms. The minimum Gasteiger partial charge on any atom is -0.514 e. The van der Waals surface area contributed by atoms with Crippen LogP contribution in [0.4, 0.5) is 0 Å². The number of hydrogen-bond acceptors (Lipinski definition) is 3. The number of hydrogen-bond donors (Lipinski definition) is 1. The zero-order valence-electron chi connectivity index (χ0n) is 2.34. The van der Waals surface area contributed by atoms with E-state index in [1.807, 2.05) is 0 Å². The SMILES string of the molecule is OC=C1SS1. The standard InChI is InChI=1S/C2H2OS2/c3-1-2-4-5-2/h1,3H. The van der Waals surface area contributed by atoms with Crippen LogP contribution >= 0.6 is 21.6 Å². The van der Waals surface area contributed by atoms with Gasteiger partial charge in [-0.05, 0) is 21.6 Å². The summed E-state index contributed by atoms with van der Waals surface area (Å²) in [4.78, 5) is 0. The first-order chi connectivity index (χ1) is 2.43. The third-order valence-corrected chi connectivity index (χ3v) is 1.93. The molecule has 0 atom stereocenters. The molecule has 0 aromatic rings. The van der Waals surface area contributed by atoms with Gasteiger partial charge in [0.05, 0.1) is 4.24 Å². The van der Waals surface area contributed by atoms with Crippen LogP contribution in [0.25, 0.3) is 0 Å². The molecule has 0 radical (unpaired) electrons. The Morgan fingerprint density at radius 3 is 2.20 bits per heavy atom. The van der Waals surface area contributed by atoms with Crippen molar-refractivity contribution in [3.63, 3.8) is 0 Å². The van der Waals surface area contributed by atoms with Crippen molar-refractivity contribution in [1.29, 1.82) is 0 Å². The van der Waals surface area contributed by atoms with Crippen molar-refractivity contribution in [3.05, 3.63) is 10.5 Å². The summed E-state index contributed by atoms with van der Waals surface area (Å²) >= 11 is 0. The maximum absolute atomic E-state index is 8.00.